The maximum Gasteiger partial charge on any atom is 0.304 e. The van der Waals surface area contributed by atoms with Gasteiger partial charge in [-0.1, -0.05) is 0 Å². The fourth-order valence-corrected chi connectivity index (χ4v) is 2.79. The van der Waals surface area contributed by atoms with Gasteiger partial charge in [0.2, 0.25) is 0 Å². The number of ketones is 1. The lowest BCUT2D eigenvalue weighted by atomic mass is 9.93. The molecule has 1 heterocycles. The number of carboxylic acid groups (broad SMARTS) is 1. The van der Waals surface area contributed by atoms with E-state index in [1.54, 1.807) is 31.4 Å². The average Bonchev–Trinajstić information content (AvgIpc) is 2.58. The summed E-state index contributed by atoms with van der Waals surface area (Å²) in [6.45, 7) is 2.29. The third-order valence-corrected chi connectivity index (χ3v) is 4.16. The van der Waals surface area contributed by atoms with Gasteiger partial charge in [-0.05, 0) is 50.2 Å². The Morgan fingerprint density at radius 1 is 1.30 bits per heavy atom. The van der Waals surface area contributed by atoms with Crippen LogP contribution in [0.1, 0.15) is 29.6 Å². The van der Waals surface area contributed by atoms with Crippen molar-refractivity contribution in [3.63, 3.8) is 0 Å². The van der Waals surface area contributed by atoms with Crippen molar-refractivity contribution in [1.82, 2.24) is 10.6 Å². The maximum absolute atomic E-state index is 12.6. The minimum Gasteiger partial charge on any atom is -0.497 e. The van der Waals surface area contributed by atoms with Gasteiger partial charge in [-0.25, -0.2) is 0 Å². The fourth-order valence-electron chi connectivity index (χ4n) is 2.79. The predicted molar refractivity (Wildman–Crippen MR) is 87.0 cm³/mol. The second-order valence-corrected chi connectivity index (χ2v) is 5.82. The topological polar surface area (TPSA) is 87.7 Å². The summed E-state index contributed by atoms with van der Waals surface area (Å²) in [7, 11) is 1.56. The molecule has 1 aromatic rings. The molecule has 0 aliphatic carbocycles. The van der Waals surface area contributed by atoms with Gasteiger partial charge in [-0.3, -0.25) is 9.59 Å². The molecular weight excluding hydrogens is 296 g/mol. The number of Topliss-reactive ketones (excluding diaryl/α,β-unsaturated/α-hetero) is 1. The summed E-state index contributed by atoms with van der Waals surface area (Å²) >= 11 is 0. The van der Waals surface area contributed by atoms with Crippen molar-refractivity contribution in [3.8, 4) is 5.75 Å². The number of carbonyl (C=O) groups excluding carboxylic acids is 1. The van der Waals surface area contributed by atoms with E-state index in [4.69, 9.17) is 9.84 Å². The maximum atomic E-state index is 12.6. The molecule has 0 radical (unpaired) electrons. The number of carbonyl (C=O) groups is 2. The summed E-state index contributed by atoms with van der Waals surface area (Å²) in [6, 6.07) is 7.13. The first kappa shape index (κ1) is 17.4. The van der Waals surface area contributed by atoms with Gasteiger partial charge in [0.1, 0.15) is 5.75 Å². The van der Waals surface area contributed by atoms with Gasteiger partial charge in [-0.15, -0.1) is 0 Å². The number of ether oxygens (including phenoxy) is 1. The summed E-state index contributed by atoms with van der Waals surface area (Å²) in [6.07, 6.45) is 1.83. The van der Waals surface area contributed by atoms with Crippen LogP contribution in [0.15, 0.2) is 24.3 Å². The first-order valence-corrected chi connectivity index (χ1v) is 7.94. The van der Waals surface area contributed by atoms with Gasteiger partial charge in [0, 0.05) is 24.1 Å². The third-order valence-electron chi connectivity index (χ3n) is 4.16. The first-order chi connectivity index (χ1) is 11.1. The van der Waals surface area contributed by atoms with Gasteiger partial charge in [-0.2, -0.15) is 0 Å². The Morgan fingerprint density at radius 3 is 2.52 bits per heavy atom. The van der Waals surface area contributed by atoms with E-state index in [0.717, 1.165) is 25.9 Å². The summed E-state index contributed by atoms with van der Waals surface area (Å²) < 4.78 is 5.08. The third kappa shape index (κ3) is 5.33. The molecule has 6 heteroatoms. The molecule has 1 aromatic carbocycles. The van der Waals surface area contributed by atoms with E-state index in [0.29, 0.717) is 23.9 Å². The van der Waals surface area contributed by atoms with E-state index < -0.39 is 11.9 Å². The van der Waals surface area contributed by atoms with Crippen LogP contribution < -0.4 is 15.4 Å². The molecule has 1 aliphatic heterocycles. The number of methoxy groups -OCH3 is 1. The minimum absolute atomic E-state index is 0.142. The number of nitrogens with one attached hydrogen (secondary N) is 2. The SMILES string of the molecule is COc1ccc(C(=O)C(CNC2CCNCC2)CC(=O)O)cc1. The molecule has 3 N–H and O–H groups in total. The van der Waals surface area contributed by atoms with E-state index >= 15 is 0 Å². The van der Waals surface area contributed by atoms with E-state index in [9.17, 15) is 9.59 Å². The van der Waals surface area contributed by atoms with Crippen molar-refractivity contribution < 1.29 is 19.4 Å². The molecule has 2 rings (SSSR count). The highest BCUT2D eigenvalue weighted by molar-refractivity contribution is 5.99. The molecule has 0 bridgehead atoms. The summed E-state index contributed by atoms with van der Waals surface area (Å²) in [5.74, 6) is -0.986. The molecule has 0 amide bonds. The smallest absolute Gasteiger partial charge is 0.304 e. The number of aliphatic carboxylic acids is 1. The van der Waals surface area contributed by atoms with E-state index in [1.165, 1.54) is 0 Å². The van der Waals surface area contributed by atoms with Crippen LogP contribution in [0.3, 0.4) is 0 Å². The molecule has 1 atom stereocenters. The van der Waals surface area contributed by atoms with E-state index in [-0.39, 0.29) is 12.2 Å². The highest BCUT2D eigenvalue weighted by atomic mass is 16.5. The lowest BCUT2D eigenvalue weighted by molar-refractivity contribution is -0.137. The largest absolute Gasteiger partial charge is 0.497 e. The number of rotatable bonds is 8. The summed E-state index contributed by atoms with van der Waals surface area (Å²) in [5.41, 5.74) is 0.518. The number of benzene rings is 1. The second kappa shape index (κ2) is 8.64. The standard InChI is InChI=1S/C17H24N2O4/c1-23-15-4-2-12(3-5-15)17(22)13(10-16(20)21)11-19-14-6-8-18-9-7-14/h2-5,13-14,18-19H,6-11H2,1H3,(H,20,21). The van der Waals surface area contributed by atoms with Crippen LogP contribution in [0.5, 0.6) is 5.75 Å². The van der Waals surface area contributed by atoms with Crippen LogP contribution in [0, 0.1) is 5.92 Å². The molecular formula is C17H24N2O4. The lowest BCUT2D eigenvalue weighted by Crippen LogP contribution is -2.43. The Labute approximate surface area is 136 Å². The number of hydrogen-bond donors (Lipinski definition) is 3. The Bertz CT molecular complexity index is 524. The highest BCUT2D eigenvalue weighted by Crippen LogP contribution is 2.17. The number of piperidine rings is 1. The second-order valence-electron chi connectivity index (χ2n) is 5.82. The number of carboxylic acids is 1. The van der Waals surface area contributed by atoms with Crippen molar-refractivity contribution in [2.75, 3.05) is 26.7 Å². The zero-order chi connectivity index (χ0) is 16.7. The Balaban J connectivity index is 2.00. The van der Waals surface area contributed by atoms with Crippen molar-refractivity contribution in [2.24, 2.45) is 5.92 Å². The lowest BCUT2D eigenvalue weighted by Gasteiger charge is -2.25. The van der Waals surface area contributed by atoms with E-state index in [1.807, 2.05) is 0 Å². The van der Waals surface area contributed by atoms with Crippen LogP contribution in [-0.2, 0) is 4.79 Å². The molecule has 1 saturated heterocycles. The molecule has 1 fully saturated rings. The van der Waals surface area contributed by atoms with Crippen LogP contribution in [0.2, 0.25) is 0 Å². The van der Waals surface area contributed by atoms with Crippen molar-refractivity contribution in [2.45, 2.75) is 25.3 Å². The molecule has 1 aliphatic rings. The predicted octanol–water partition coefficient (Wildman–Crippen LogP) is 1.31. The Kier molecular flexibility index (Phi) is 6.55. The van der Waals surface area contributed by atoms with Crippen LogP contribution >= 0.6 is 0 Å². The molecule has 0 spiro atoms. The fraction of sp³-hybridized carbons (Fsp3) is 0.529. The average molecular weight is 320 g/mol. The molecule has 23 heavy (non-hydrogen) atoms. The molecule has 1 unspecified atom stereocenters. The van der Waals surface area contributed by atoms with Gasteiger partial charge in [0.25, 0.3) is 0 Å². The molecule has 0 saturated carbocycles. The normalized spacial score (nSPS) is 16.7. The Hall–Kier alpha value is -1.92. The molecule has 126 valence electrons. The van der Waals surface area contributed by atoms with Crippen LogP contribution in [-0.4, -0.2) is 49.6 Å². The van der Waals surface area contributed by atoms with Crippen LogP contribution in [0.25, 0.3) is 0 Å². The van der Waals surface area contributed by atoms with Gasteiger partial charge in [0.05, 0.1) is 13.5 Å². The first-order valence-electron chi connectivity index (χ1n) is 7.94. The quantitative estimate of drug-likeness (QED) is 0.626. The zero-order valence-corrected chi connectivity index (χ0v) is 13.4. The Morgan fingerprint density at radius 2 is 1.96 bits per heavy atom. The molecule has 0 aromatic heterocycles. The summed E-state index contributed by atoms with van der Waals surface area (Å²) in [4.78, 5) is 23.7. The number of hydrogen-bond acceptors (Lipinski definition) is 5. The monoisotopic (exact) mass is 320 g/mol. The van der Waals surface area contributed by atoms with Crippen LogP contribution in [0.4, 0.5) is 0 Å². The zero-order valence-electron chi connectivity index (χ0n) is 13.4. The van der Waals surface area contributed by atoms with E-state index in [2.05, 4.69) is 10.6 Å². The summed E-state index contributed by atoms with van der Waals surface area (Å²) in [5, 5.41) is 15.7. The van der Waals surface area contributed by atoms with Gasteiger partial charge >= 0.3 is 5.97 Å². The van der Waals surface area contributed by atoms with Crippen molar-refractivity contribution >= 4 is 11.8 Å². The van der Waals surface area contributed by atoms with Crippen molar-refractivity contribution in [1.29, 1.82) is 0 Å². The molecule has 6 nitrogen and oxygen atoms in total. The highest BCUT2D eigenvalue weighted by Gasteiger charge is 2.24. The van der Waals surface area contributed by atoms with Gasteiger partial charge < -0.3 is 20.5 Å². The van der Waals surface area contributed by atoms with Gasteiger partial charge in [0.15, 0.2) is 5.78 Å². The minimum atomic E-state index is -0.955. The van der Waals surface area contributed by atoms with Crippen molar-refractivity contribution in [3.05, 3.63) is 29.8 Å².